The second-order valence-electron chi connectivity index (χ2n) is 4.59. The van der Waals surface area contributed by atoms with Crippen LogP contribution in [0.15, 0.2) is 18.3 Å². The van der Waals surface area contributed by atoms with Crippen LogP contribution in [0.4, 0.5) is 11.5 Å². The lowest BCUT2D eigenvalue weighted by atomic mass is 10.1. The van der Waals surface area contributed by atoms with Crippen molar-refractivity contribution >= 4 is 17.4 Å². The minimum absolute atomic E-state index is 0.0856. The lowest BCUT2D eigenvalue weighted by Crippen LogP contribution is -2.43. The van der Waals surface area contributed by atoms with Crippen molar-refractivity contribution in [2.75, 3.05) is 17.6 Å². The van der Waals surface area contributed by atoms with Crippen LogP contribution in [0, 0.1) is 0 Å². The van der Waals surface area contributed by atoms with Gasteiger partial charge >= 0.3 is 0 Å². The highest BCUT2D eigenvalue weighted by Crippen LogP contribution is 2.12. The molecule has 0 atom stereocenters. The van der Waals surface area contributed by atoms with Crippen LogP contribution in [-0.2, 0) is 4.79 Å². The second-order valence-corrected chi connectivity index (χ2v) is 4.59. The van der Waals surface area contributed by atoms with Gasteiger partial charge in [-0.3, -0.25) is 4.79 Å². The maximum Gasteiger partial charge on any atom is 0.239 e. The van der Waals surface area contributed by atoms with E-state index in [1.807, 2.05) is 20.8 Å². The summed E-state index contributed by atoms with van der Waals surface area (Å²) < 4.78 is 0. The minimum Gasteiger partial charge on any atom is -0.396 e. The number of hydrogen-bond acceptors (Lipinski definition) is 4. The first kappa shape index (κ1) is 12.3. The number of carbonyl (C=O) groups excluding carboxylic acids is 1. The molecule has 0 unspecified atom stereocenters. The Bertz CT molecular complexity index is 370. The maximum absolute atomic E-state index is 11.5. The molecule has 16 heavy (non-hydrogen) atoms. The number of nitrogens with one attached hydrogen (secondary N) is 2. The Labute approximate surface area is 95.4 Å². The number of rotatable bonds is 3. The summed E-state index contributed by atoms with van der Waals surface area (Å²) in [5.74, 6) is 0.448. The van der Waals surface area contributed by atoms with E-state index in [1.165, 1.54) is 0 Å². The van der Waals surface area contributed by atoms with Gasteiger partial charge in [-0.15, -0.1) is 0 Å². The largest absolute Gasteiger partial charge is 0.396 e. The van der Waals surface area contributed by atoms with Gasteiger partial charge < -0.3 is 16.4 Å². The molecule has 0 aromatic carbocycles. The van der Waals surface area contributed by atoms with Gasteiger partial charge in [-0.2, -0.15) is 0 Å². The zero-order chi connectivity index (χ0) is 12.2. The van der Waals surface area contributed by atoms with Gasteiger partial charge in [0.2, 0.25) is 5.91 Å². The van der Waals surface area contributed by atoms with Crippen molar-refractivity contribution in [2.24, 2.45) is 0 Å². The number of anilines is 2. The summed E-state index contributed by atoms with van der Waals surface area (Å²) in [6.45, 7) is 5.96. The predicted octanol–water partition coefficient (Wildman–Crippen LogP) is 0.990. The van der Waals surface area contributed by atoms with Gasteiger partial charge in [0.05, 0.1) is 12.2 Å². The van der Waals surface area contributed by atoms with E-state index in [1.54, 1.807) is 18.3 Å². The summed E-state index contributed by atoms with van der Waals surface area (Å²) >= 11 is 0. The van der Waals surface area contributed by atoms with E-state index in [2.05, 4.69) is 15.6 Å². The third kappa shape index (κ3) is 4.16. The fraction of sp³-hybridized carbons (Fsp3) is 0.455. The summed E-state index contributed by atoms with van der Waals surface area (Å²) in [7, 11) is 0. The van der Waals surface area contributed by atoms with E-state index in [-0.39, 0.29) is 18.0 Å². The lowest BCUT2D eigenvalue weighted by Gasteiger charge is -2.20. The molecule has 0 saturated carbocycles. The molecule has 0 aliphatic carbocycles. The Morgan fingerprint density at radius 3 is 2.75 bits per heavy atom. The molecule has 0 fully saturated rings. The molecule has 0 aliphatic rings. The second kappa shape index (κ2) is 4.83. The molecule has 0 radical (unpaired) electrons. The predicted molar refractivity (Wildman–Crippen MR) is 65.0 cm³/mol. The van der Waals surface area contributed by atoms with Crippen LogP contribution in [0.25, 0.3) is 0 Å². The Hall–Kier alpha value is -1.78. The fourth-order valence-electron chi connectivity index (χ4n) is 1.19. The monoisotopic (exact) mass is 222 g/mol. The number of pyridine rings is 1. The molecule has 4 N–H and O–H groups in total. The SMILES string of the molecule is CC(C)(C)NC(=O)CNc1ncccc1N. The fourth-order valence-corrected chi connectivity index (χ4v) is 1.19. The number of hydrogen-bond donors (Lipinski definition) is 3. The molecule has 1 rings (SSSR count). The van der Waals surface area contributed by atoms with E-state index in [4.69, 9.17) is 5.73 Å². The molecule has 5 heteroatoms. The van der Waals surface area contributed by atoms with Crippen molar-refractivity contribution in [2.45, 2.75) is 26.3 Å². The summed E-state index contributed by atoms with van der Waals surface area (Å²) in [6.07, 6.45) is 1.63. The zero-order valence-electron chi connectivity index (χ0n) is 9.87. The van der Waals surface area contributed by atoms with E-state index in [0.29, 0.717) is 11.5 Å². The van der Waals surface area contributed by atoms with Gasteiger partial charge in [0.1, 0.15) is 5.82 Å². The van der Waals surface area contributed by atoms with Crippen molar-refractivity contribution in [3.8, 4) is 0 Å². The minimum atomic E-state index is -0.228. The van der Waals surface area contributed by atoms with E-state index < -0.39 is 0 Å². The van der Waals surface area contributed by atoms with E-state index in [0.717, 1.165) is 0 Å². The van der Waals surface area contributed by atoms with Crippen LogP contribution in [0.5, 0.6) is 0 Å². The molecule has 1 heterocycles. The highest BCUT2D eigenvalue weighted by atomic mass is 16.2. The van der Waals surface area contributed by atoms with E-state index >= 15 is 0 Å². The van der Waals surface area contributed by atoms with Crippen LogP contribution < -0.4 is 16.4 Å². The molecular weight excluding hydrogens is 204 g/mol. The molecule has 1 amide bonds. The topological polar surface area (TPSA) is 80.0 Å². The zero-order valence-corrected chi connectivity index (χ0v) is 9.87. The number of nitrogens with zero attached hydrogens (tertiary/aromatic N) is 1. The van der Waals surface area contributed by atoms with Gasteiger partial charge in [-0.1, -0.05) is 0 Å². The Morgan fingerprint density at radius 1 is 1.50 bits per heavy atom. The highest BCUT2D eigenvalue weighted by Gasteiger charge is 2.13. The number of amides is 1. The average Bonchev–Trinajstić information content (AvgIpc) is 2.14. The first-order valence-corrected chi connectivity index (χ1v) is 5.14. The maximum atomic E-state index is 11.5. The van der Waals surface area contributed by atoms with Gasteiger partial charge in [0, 0.05) is 11.7 Å². The summed E-state index contributed by atoms with van der Waals surface area (Å²) in [4.78, 5) is 15.5. The van der Waals surface area contributed by atoms with Gasteiger partial charge in [0.25, 0.3) is 0 Å². The smallest absolute Gasteiger partial charge is 0.239 e. The number of carbonyl (C=O) groups is 1. The van der Waals surface area contributed by atoms with Gasteiger partial charge in [-0.05, 0) is 32.9 Å². The van der Waals surface area contributed by atoms with Crippen LogP contribution >= 0.6 is 0 Å². The summed E-state index contributed by atoms with van der Waals surface area (Å²) in [5, 5.41) is 5.73. The van der Waals surface area contributed by atoms with Crippen LogP contribution in [-0.4, -0.2) is 23.0 Å². The molecule has 88 valence electrons. The summed E-state index contributed by atoms with van der Waals surface area (Å²) in [5.41, 5.74) is 5.98. The first-order chi connectivity index (χ1) is 7.38. The molecule has 0 saturated heterocycles. The third-order valence-corrected chi connectivity index (χ3v) is 1.77. The highest BCUT2D eigenvalue weighted by molar-refractivity contribution is 5.82. The Kier molecular flexibility index (Phi) is 3.71. The van der Waals surface area contributed by atoms with E-state index in [9.17, 15) is 4.79 Å². The third-order valence-electron chi connectivity index (χ3n) is 1.77. The summed E-state index contributed by atoms with van der Waals surface area (Å²) in [6, 6.07) is 3.48. The standard InChI is InChI=1S/C11H18N4O/c1-11(2,3)15-9(16)7-14-10-8(12)5-4-6-13-10/h4-6H,7,12H2,1-3H3,(H,13,14)(H,15,16). The van der Waals surface area contributed by atoms with Gasteiger partial charge in [-0.25, -0.2) is 4.98 Å². The van der Waals surface area contributed by atoms with Crippen LogP contribution in [0.3, 0.4) is 0 Å². The average molecular weight is 222 g/mol. The van der Waals surface area contributed by atoms with Crippen molar-refractivity contribution in [3.05, 3.63) is 18.3 Å². The van der Waals surface area contributed by atoms with Crippen LogP contribution in [0.1, 0.15) is 20.8 Å². The van der Waals surface area contributed by atoms with Crippen molar-refractivity contribution < 1.29 is 4.79 Å². The van der Waals surface area contributed by atoms with Gasteiger partial charge in [0.15, 0.2) is 0 Å². The van der Waals surface area contributed by atoms with Crippen molar-refractivity contribution in [1.29, 1.82) is 0 Å². The molecule has 1 aromatic rings. The molecular formula is C11H18N4O. The number of nitrogens with two attached hydrogens (primary N) is 1. The number of nitrogen functional groups attached to an aromatic ring is 1. The molecule has 1 aromatic heterocycles. The normalized spacial score (nSPS) is 10.9. The molecule has 5 nitrogen and oxygen atoms in total. The first-order valence-electron chi connectivity index (χ1n) is 5.14. The quantitative estimate of drug-likeness (QED) is 0.712. The van der Waals surface area contributed by atoms with Crippen molar-refractivity contribution in [3.63, 3.8) is 0 Å². The molecule has 0 aliphatic heterocycles. The molecule has 0 spiro atoms. The van der Waals surface area contributed by atoms with Crippen molar-refractivity contribution in [1.82, 2.24) is 10.3 Å². The number of aromatic nitrogens is 1. The molecule has 0 bridgehead atoms. The van der Waals surface area contributed by atoms with Crippen LogP contribution in [0.2, 0.25) is 0 Å². The Balaban J connectivity index is 2.47. The Morgan fingerprint density at radius 2 is 2.19 bits per heavy atom. The lowest BCUT2D eigenvalue weighted by molar-refractivity contribution is -0.120.